The highest BCUT2D eigenvalue weighted by atomic mass is 32.2. The Bertz CT molecular complexity index is 881. The zero-order valence-electron chi connectivity index (χ0n) is 14.2. The minimum Gasteiger partial charge on any atom is -0.267 e. The highest BCUT2D eigenvalue weighted by molar-refractivity contribution is 7.97. The van der Waals surface area contributed by atoms with E-state index in [1.165, 1.54) is 27.0 Å². The molecule has 0 aliphatic carbocycles. The van der Waals surface area contributed by atoms with E-state index in [0.29, 0.717) is 10.9 Å². The smallest absolute Gasteiger partial charge is 0.267 e. The van der Waals surface area contributed by atoms with Crippen LogP contribution in [-0.2, 0) is 17.9 Å². The molecule has 0 unspecified atom stereocenters. The molecular formula is C18H21N3OS2. The van der Waals surface area contributed by atoms with Crippen molar-refractivity contribution in [2.24, 2.45) is 0 Å². The molecule has 0 aliphatic heterocycles. The predicted octanol–water partition coefficient (Wildman–Crippen LogP) is 4.27. The van der Waals surface area contributed by atoms with Crippen molar-refractivity contribution in [2.45, 2.75) is 44.6 Å². The normalized spacial score (nSPS) is 11.5. The van der Waals surface area contributed by atoms with Crippen LogP contribution in [0.25, 0.3) is 4.96 Å². The molecule has 3 aromatic rings. The van der Waals surface area contributed by atoms with Crippen molar-refractivity contribution >= 4 is 28.1 Å². The largest absolute Gasteiger partial charge is 0.275 e. The van der Waals surface area contributed by atoms with Crippen molar-refractivity contribution < 1.29 is 0 Å². The highest BCUT2D eigenvalue weighted by Crippen LogP contribution is 2.20. The fourth-order valence-corrected chi connectivity index (χ4v) is 4.13. The monoisotopic (exact) mass is 359 g/mol. The number of aromatic nitrogens is 3. The lowest BCUT2D eigenvalue weighted by Gasteiger charge is -2.06. The Morgan fingerprint density at radius 3 is 2.62 bits per heavy atom. The van der Waals surface area contributed by atoms with Crippen LogP contribution in [0.2, 0.25) is 0 Å². The zero-order chi connectivity index (χ0) is 17.1. The van der Waals surface area contributed by atoms with Crippen molar-refractivity contribution in [3.05, 3.63) is 62.5 Å². The molecule has 0 saturated carbocycles. The Morgan fingerprint density at radius 1 is 1.21 bits per heavy atom. The molecule has 2 aromatic heterocycles. The van der Waals surface area contributed by atoms with Crippen LogP contribution in [0.3, 0.4) is 0 Å². The van der Waals surface area contributed by atoms with E-state index in [1.807, 2.05) is 6.92 Å². The lowest BCUT2D eigenvalue weighted by atomic mass is 10.0. The Kier molecular flexibility index (Phi) is 5.36. The summed E-state index contributed by atoms with van der Waals surface area (Å²) in [5.41, 5.74) is 3.40. The number of nitrogens with zero attached hydrogens (tertiary/aromatic N) is 3. The molecule has 1 aromatic carbocycles. The molecule has 0 radical (unpaired) electrons. The molecule has 0 N–H and O–H groups in total. The summed E-state index contributed by atoms with van der Waals surface area (Å²) in [7, 11) is 0. The second-order valence-corrected chi connectivity index (χ2v) is 8.04. The summed E-state index contributed by atoms with van der Waals surface area (Å²) < 4.78 is 1.41. The minimum absolute atomic E-state index is 0.0900. The van der Waals surface area contributed by atoms with E-state index in [0.717, 1.165) is 28.6 Å². The first kappa shape index (κ1) is 17.2. The van der Waals surface area contributed by atoms with Gasteiger partial charge in [-0.2, -0.15) is 21.4 Å². The van der Waals surface area contributed by atoms with Gasteiger partial charge in [0.1, 0.15) is 5.01 Å². The molecule has 0 amide bonds. The Labute approximate surface area is 150 Å². The van der Waals surface area contributed by atoms with E-state index in [1.54, 1.807) is 17.8 Å². The van der Waals surface area contributed by atoms with E-state index in [9.17, 15) is 4.79 Å². The number of fused-ring (bicyclic) bond motifs is 1. The van der Waals surface area contributed by atoms with Gasteiger partial charge in [0.2, 0.25) is 4.96 Å². The van der Waals surface area contributed by atoms with Crippen LogP contribution >= 0.6 is 23.1 Å². The second kappa shape index (κ2) is 7.49. The number of benzene rings is 1. The predicted molar refractivity (Wildman–Crippen MR) is 102 cm³/mol. The SMILES string of the molecule is CCc1nn2c(=O)cc(CSCc3ccc(C(C)C)cc3)nc2s1. The van der Waals surface area contributed by atoms with Crippen molar-refractivity contribution in [1.82, 2.24) is 14.6 Å². The Hall–Kier alpha value is -1.66. The Balaban J connectivity index is 1.66. The molecule has 2 heterocycles. The third-order valence-electron chi connectivity index (χ3n) is 3.81. The first-order valence-corrected chi connectivity index (χ1v) is 10.1. The zero-order valence-corrected chi connectivity index (χ0v) is 15.8. The van der Waals surface area contributed by atoms with E-state index >= 15 is 0 Å². The van der Waals surface area contributed by atoms with E-state index in [2.05, 4.69) is 48.2 Å². The number of rotatable bonds is 6. The third kappa shape index (κ3) is 3.87. The summed E-state index contributed by atoms with van der Waals surface area (Å²) >= 11 is 3.27. The third-order valence-corrected chi connectivity index (χ3v) is 5.90. The molecule has 0 spiro atoms. The quantitative estimate of drug-likeness (QED) is 0.659. The van der Waals surface area contributed by atoms with Crippen LogP contribution in [0, 0.1) is 0 Å². The number of hydrogen-bond donors (Lipinski definition) is 0. The molecule has 0 bridgehead atoms. The van der Waals surface area contributed by atoms with E-state index < -0.39 is 0 Å². The summed E-state index contributed by atoms with van der Waals surface area (Å²) in [6, 6.07) is 10.4. The Morgan fingerprint density at radius 2 is 1.96 bits per heavy atom. The molecule has 6 heteroatoms. The molecule has 0 fully saturated rings. The van der Waals surface area contributed by atoms with Crippen molar-refractivity contribution in [3.8, 4) is 0 Å². The molecule has 126 valence electrons. The average Bonchev–Trinajstić information content (AvgIpc) is 2.99. The summed E-state index contributed by atoms with van der Waals surface area (Å²) in [5.74, 6) is 2.21. The molecule has 4 nitrogen and oxygen atoms in total. The van der Waals surface area contributed by atoms with Gasteiger partial charge in [0.05, 0.1) is 5.69 Å². The maximum Gasteiger partial charge on any atom is 0.275 e. The summed E-state index contributed by atoms with van der Waals surface area (Å²) in [6.45, 7) is 6.44. The molecule has 0 saturated heterocycles. The van der Waals surface area contributed by atoms with Gasteiger partial charge in [-0.1, -0.05) is 56.4 Å². The number of thioether (sulfide) groups is 1. The minimum atomic E-state index is -0.0900. The van der Waals surface area contributed by atoms with Gasteiger partial charge in [-0.15, -0.1) is 0 Å². The molecule has 0 aliphatic rings. The number of hydrogen-bond acceptors (Lipinski definition) is 5. The van der Waals surface area contributed by atoms with Gasteiger partial charge < -0.3 is 0 Å². The fraction of sp³-hybridized carbons (Fsp3) is 0.389. The first-order chi connectivity index (χ1) is 11.6. The van der Waals surface area contributed by atoms with Gasteiger partial charge in [-0.25, -0.2) is 4.98 Å². The number of aryl methyl sites for hydroxylation is 1. The van der Waals surface area contributed by atoms with Crippen LogP contribution in [0.4, 0.5) is 0 Å². The topological polar surface area (TPSA) is 47.3 Å². The van der Waals surface area contributed by atoms with Crippen LogP contribution < -0.4 is 5.56 Å². The summed E-state index contributed by atoms with van der Waals surface area (Å²) in [5, 5.41) is 5.21. The van der Waals surface area contributed by atoms with Gasteiger partial charge in [-0.05, 0) is 23.5 Å². The van der Waals surface area contributed by atoms with Gasteiger partial charge in [0.25, 0.3) is 5.56 Å². The van der Waals surface area contributed by atoms with Crippen LogP contribution in [-0.4, -0.2) is 14.6 Å². The standard InChI is InChI=1S/C18H21N3OS2/c1-4-16-20-21-17(22)9-15(19-18(21)24-16)11-23-10-13-5-7-14(8-6-13)12(2)3/h5-9,12H,4,10-11H2,1-3H3. The van der Waals surface area contributed by atoms with Crippen molar-refractivity contribution in [3.63, 3.8) is 0 Å². The maximum absolute atomic E-state index is 12.1. The molecule has 24 heavy (non-hydrogen) atoms. The van der Waals surface area contributed by atoms with Gasteiger partial charge >= 0.3 is 0 Å². The van der Waals surface area contributed by atoms with Crippen LogP contribution in [0.5, 0.6) is 0 Å². The van der Waals surface area contributed by atoms with Crippen LogP contribution in [0.15, 0.2) is 35.1 Å². The van der Waals surface area contributed by atoms with Gasteiger partial charge in [0.15, 0.2) is 0 Å². The highest BCUT2D eigenvalue weighted by Gasteiger charge is 2.08. The van der Waals surface area contributed by atoms with Gasteiger partial charge in [-0.3, -0.25) is 4.79 Å². The van der Waals surface area contributed by atoms with Crippen LogP contribution in [0.1, 0.15) is 48.5 Å². The maximum atomic E-state index is 12.1. The van der Waals surface area contributed by atoms with E-state index in [4.69, 9.17) is 0 Å². The summed E-state index contributed by atoms with van der Waals surface area (Å²) in [6.07, 6.45) is 0.823. The van der Waals surface area contributed by atoms with Crippen molar-refractivity contribution in [1.29, 1.82) is 0 Å². The molecule has 3 rings (SSSR count). The average molecular weight is 360 g/mol. The lowest BCUT2D eigenvalue weighted by Crippen LogP contribution is -2.15. The second-order valence-electron chi connectivity index (χ2n) is 6.02. The molecular weight excluding hydrogens is 338 g/mol. The van der Waals surface area contributed by atoms with E-state index in [-0.39, 0.29) is 5.56 Å². The first-order valence-electron chi connectivity index (χ1n) is 8.12. The van der Waals surface area contributed by atoms with Gasteiger partial charge in [0, 0.05) is 17.6 Å². The lowest BCUT2D eigenvalue weighted by molar-refractivity contribution is 0.852. The summed E-state index contributed by atoms with van der Waals surface area (Å²) in [4.78, 5) is 17.4. The fourth-order valence-electron chi connectivity index (χ4n) is 2.38. The van der Waals surface area contributed by atoms with Crippen molar-refractivity contribution in [2.75, 3.05) is 0 Å². The molecule has 0 atom stereocenters.